The van der Waals surface area contributed by atoms with E-state index < -0.39 is 0 Å². The monoisotopic (exact) mass is 287 g/mol. The van der Waals surface area contributed by atoms with Gasteiger partial charge >= 0.3 is 0 Å². The number of benzene rings is 3. The van der Waals surface area contributed by atoms with Crippen LogP contribution in [0.5, 0.6) is 0 Å². The molecular formula is C21H21N. The van der Waals surface area contributed by atoms with Gasteiger partial charge < -0.3 is 4.57 Å². The average Bonchev–Trinajstić information content (AvgIpc) is 2.89. The van der Waals surface area contributed by atoms with E-state index in [2.05, 4.69) is 73.0 Å². The van der Waals surface area contributed by atoms with Crippen molar-refractivity contribution >= 4 is 32.6 Å². The van der Waals surface area contributed by atoms with Crippen LogP contribution in [-0.4, -0.2) is 4.57 Å². The van der Waals surface area contributed by atoms with Gasteiger partial charge in [-0.1, -0.05) is 56.3 Å². The first-order valence-corrected chi connectivity index (χ1v) is 8.26. The molecule has 110 valence electrons. The average molecular weight is 287 g/mol. The first kappa shape index (κ1) is 13.4. The zero-order valence-electron chi connectivity index (χ0n) is 13.3. The zero-order chi connectivity index (χ0) is 15.1. The highest BCUT2D eigenvalue weighted by molar-refractivity contribution is 6.20. The van der Waals surface area contributed by atoms with E-state index in [1.807, 2.05) is 0 Å². The Balaban J connectivity index is 2.22. The molecular weight excluding hydrogens is 266 g/mol. The summed E-state index contributed by atoms with van der Waals surface area (Å²) in [7, 11) is 0. The van der Waals surface area contributed by atoms with Gasteiger partial charge in [-0.05, 0) is 41.3 Å². The second-order valence-corrected chi connectivity index (χ2v) is 6.04. The van der Waals surface area contributed by atoms with Gasteiger partial charge in [0.25, 0.3) is 0 Å². The second-order valence-electron chi connectivity index (χ2n) is 6.04. The van der Waals surface area contributed by atoms with Crippen molar-refractivity contribution in [3.05, 3.63) is 60.2 Å². The second kappa shape index (κ2) is 5.17. The minimum Gasteiger partial charge on any atom is -0.340 e. The molecule has 0 saturated heterocycles. The standard InChI is InChI=1S/C21H21N/c1-3-13-22-19-12-10-16-7-5-6-8-17(16)21(19)18-11-9-15(4-2)14-20(18)22/h5-12,14H,3-4,13H2,1-2H3. The fourth-order valence-electron chi connectivity index (χ4n) is 3.59. The molecule has 0 N–H and O–H groups in total. The lowest BCUT2D eigenvalue weighted by Crippen LogP contribution is -1.96. The maximum absolute atomic E-state index is 2.50. The summed E-state index contributed by atoms with van der Waals surface area (Å²) < 4.78 is 2.50. The molecule has 0 aliphatic rings. The van der Waals surface area contributed by atoms with Gasteiger partial charge in [0.1, 0.15) is 0 Å². The Morgan fingerprint density at radius 3 is 2.50 bits per heavy atom. The van der Waals surface area contributed by atoms with Crippen LogP contribution < -0.4 is 0 Å². The predicted octanol–water partition coefficient (Wildman–Crippen LogP) is 5.92. The largest absolute Gasteiger partial charge is 0.340 e. The van der Waals surface area contributed by atoms with Crippen molar-refractivity contribution in [2.45, 2.75) is 33.2 Å². The van der Waals surface area contributed by atoms with Gasteiger partial charge in [0.15, 0.2) is 0 Å². The normalized spacial score (nSPS) is 11.7. The summed E-state index contributed by atoms with van der Waals surface area (Å²) in [4.78, 5) is 0. The van der Waals surface area contributed by atoms with Gasteiger partial charge in [0.05, 0.1) is 0 Å². The van der Waals surface area contributed by atoms with Crippen LogP contribution in [0.2, 0.25) is 0 Å². The zero-order valence-corrected chi connectivity index (χ0v) is 13.3. The summed E-state index contributed by atoms with van der Waals surface area (Å²) in [6.45, 7) is 5.55. The van der Waals surface area contributed by atoms with Crippen LogP contribution in [0, 0.1) is 0 Å². The molecule has 0 aliphatic carbocycles. The molecule has 0 radical (unpaired) electrons. The fraction of sp³-hybridized carbons (Fsp3) is 0.238. The minimum atomic E-state index is 1.07. The number of rotatable bonds is 3. The molecule has 22 heavy (non-hydrogen) atoms. The van der Waals surface area contributed by atoms with Crippen LogP contribution in [0.15, 0.2) is 54.6 Å². The van der Waals surface area contributed by atoms with Gasteiger partial charge in [-0.3, -0.25) is 0 Å². The molecule has 0 aliphatic heterocycles. The maximum Gasteiger partial charge on any atom is 0.0497 e. The van der Waals surface area contributed by atoms with Crippen molar-refractivity contribution in [2.24, 2.45) is 0 Å². The molecule has 4 rings (SSSR count). The first-order chi connectivity index (χ1) is 10.8. The summed E-state index contributed by atoms with van der Waals surface area (Å²) in [6, 6.07) is 20.2. The topological polar surface area (TPSA) is 4.93 Å². The lowest BCUT2D eigenvalue weighted by Gasteiger charge is -2.06. The van der Waals surface area contributed by atoms with Crippen LogP contribution in [0.3, 0.4) is 0 Å². The quantitative estimate of drug-likeness (QED) is 0.441. The molecule has 0 fully saturated rings. The Kier molecular flexibility index (Phi) is 3.15. The molecule has 0 amide bonds. The Labute approximate surface area is 131 Å². The van der Waals surface area contributed by atoms with E-state index in [4.69, 9.17) is 0 Å². The number of nitrogens with zero attached hydrogens (tertiary/aromatic N) is 1. The minimum absolute atomic E-state index is 1.07. The Morgan fingerprint density at radius 2 is 1.68 bits per heavy atom. The number of hydrogen-bond acceptors (Lipinski definition) is 0. The molecule has 1 heterocycles. The van der Waals surface area contributed by atoms with E-state index in [1.165, 1.54) is 38.1 Å². The fourth-order valence-corrected chi connectivity index (χ4v) is 3.59. The molecule has 0 saturated carbocycles. The van der Waals surface area contributed by atoms with Crippen molar-refractivity contribution in [1.82, 2.24) is 4.57 Å². The van der Waals surface area contributed by atoms with Crippen LogP contribution in [0.1, 0.15) is 25.8 Å². The van der Waals surface area contributed by atoms with Gasteiger partial charge in [0.2, 0.25) is 0 Å². The highest BCUT2D eigenvalue weighted by Gasteiger charge is 2.13. The Morgan fingerprint density at radius 1 is 0.818 bits per heavy atom. The molecule has 0 bridgehead atoms. The van der Waals surface area contributed by atoms with Crippen molar-refractivity contribution in [3.8, 4) is 0 Å². The number of hydrogen-bond donors (Lipinski definition) is 0. The van der Waals surface area contributed by atoms with Gasteiger partial charge in [-0.25, -0.2) is 0 Å². The molecule has 3 aromatic carbocycles. The van der Waals surface area contributed by atoms with Gasteiger partial charge in [-0.15, -0.1) is 0 Å². The van der Waals surface area contributed by atoms with E-state index in [9.17, 15) is 0 Å². The molecule has 0 atom stereocenters. The summed E-state index contributed by atoms with van der Waals surface area (Å²) in [5.41, 5.74) is 4.16. The summed E-state index contributed by atoms with van der Waals surface area (Å²) in [5, 5.41) is 5.48. The lowest BCUT2D eigenvalue weighted by molar-refractivity contribution is 0.724. The summed E-state index contributed by atoms with van der Waals surface area (Å²) in [5.74, 6) is 0. The highest BCUT2D eigenvalue weighted by atomic mass is 15.0. The summed E-state index contributed by atoms with van der Waals surface area (Å²) >= 11 is 0. The van der Waals surface area contributed by atoms with Crippen molar-refractivity contribution < 1.29 is 0 Å². The number of aromatic nitrogens is 1. The number of aryl methyl sites for hydroxylation is 2. The molecule has 1 aromatic heterocycles. The predicted molar refractivity (Wildman–Crippen MR) is 96.6 cm³/mol. The SMILES string of the molecule is CCCn1c2cc(CC)ccc2c2c3ccccc3ccc21. The third-order valence-electron chi connectivity index (χ3n) is 4.68. The van der Waals surface area contributed by atoms with Crippen LogP contribution >= 0.6 is 0 Å². The molecule has 0 unspecified atom stereocenters. The van der Waals surface area contributed by atoms with Gasteiger partial charge in [-0.2, -0.15) is 0 Å². The highest BCUT2D eigenvalue weighted by Crippen LogP contribution is 2.35. The maximum atomic E-state index is 2.50. The van der Waals surface area contributed by atoms with Crippen molar-refractivity contribution in [3.63, 3.8) is 0 Å². The Bertz CT molecular complexity index is 975. The van der Waals surface area contributed by atoms with E-state index in [1.54, 1.807) is 0 Å². The number of fused-ring (bicyclic) bond motifs is 5. The summed E-state index contributed by atoms with van der Waals surface area (Å²) in [6.07, 6.45) is 2.24. The van der Waals surface area contributed by atoms with E-state index in [0.29, 0.717) is 0 Å². The van der Waals surface area contributed by atoms with Crippen LogP contribution in [0.25, 0.3) is 32.6 Å². The van der Waals surface area contributed by atoms with E-state index >= 15 is 0 Å². The van der Waals surface area contributed by atoms with Crippen LogP contribution in [0.4, 0.5) is 0 Å². The first-order valence-electron chi connectivity index (χ1n) is 8.26. The third-order valence-corrected chi connectivity index (χ3v) is 4.68. The lowest BCUT2D eigenvalue weighted by atomic mass is 10.0. The van der Waals surface area contributed by atoms with Crippen molar-refractivity contribution in [1.29, 1.82) is 0 Å². The smallest absolute Gasteiger partial charge is 0.0497 e. The molecule has 1 nitrogen and oxygen atoms in total. The van der Waals surface area contributed by atoms with E-state index in [0.717, 1.165) is 19.4 Å². The van der Waals surface area contributed by atoms with E-state index in [-0.39, 0.29) is 0 Å². The Hall–Kier alpha value is -2.28. The molecule has 1 heteroatoms. The molecule has 0 spiro atoms. The molecule has 4 aromatic rings. The van der Waals surface area contributed by atoms with Crippen LogP contribution in [-0.2, 0) is 13.0 Å². The van der Waals surface area contributed by atoms with Gasteiger partial charge in [0, 0.05) is 28.4 Å². The van der Waals surface area contributed by atoms with Crippen molar-refractivity contribution in [2.75, 3.05) is 0 Å². The third kappa shape index (κ3) is 1.85.